The monoisotopic (exact) mass is 216 g/mol. The van der Waals surface area contributed by atoms with Crippen molar-refractivity contribution >= 4 is 5.97 Å². The molecule has 0 aliphatic rings. The molecule has 4 nitrogen and oxygen atoms in total. The quantitative estimate of drug-likeness (QED) is 0.833. The third-order valence-corrected chi connectivity index (χ3v) is 2.11. The van der Waals surface area contributed by atoms with Crippen molar-refractivity contribution in [1.82, 2.24) is 0 Å². The van der Waals surface area contributed by atoms with Crippen LogP contribution in [0, 0.1) is 0 Å². The smallest absolute Gasteiger partial charge is 0.350 e. The molecule has 0 radical (unpaired) electrons. The molecule has 0 atom stereocenters. The number of carboxylic acid groups (broad SMARTS) is 1. The molecule has 1 aromatic carbocycles. The van der Waals surface area contributed by atoms with E-state index in [0.717, 1.165) is 5.56 Å². The molecule has 1 aromatic heterocycles. The summed E-state index contributed by atoms with van der Waals surface area (Å²) in [5.74, 6) is -0.927. The molecule has 4 heteroatoms. The lowest BCUT2D eigenvalue weighted by Crippen LogP contribution is -2.12. The SMILES string of the molecule is O=C(O)c1ccc(-c2ccccc2)oc1=O. The summed E-state index contributed by atoms with van der Waals surface area (Å²) in [5, 5.41) is 8.67. The van der Waals surface area contributed by atoms with E-state index in [1.165, 1.54) is 12.1 Å². The van der Waals surface area contributed by atoms with Crippen LogP contribution in [-0.4, -0.2) is 11.1 Å². The largest absolute Gasteiger partial charge is 0.477 e. The second-order valence-electron chi connectivity index (χ2n) is 3.17. The molecular weight excluding hydrogens is 208 g/mol. The van der Waals surface area contributed by atoms with Gasteiger partial charge in [0.15, 0.2) is 0 Å². The first kappa shape index (κ1) is 10.2. The highest BCUT2D eigenvalue weighted by Gasteiger charge is 2.11. The van der Waals surface area contributed by atoms with Gasteiger partial charge in [0.25, 0.3) is 0 Å². The number of hydrogen-bond acceptors (Lipinski definition) is 3. The lowest BCUT2D eigenvalue weighted by Gasteiger charge is -1.99. The lowest BCUT2D eigenvalue weighted by atomic mass is 10.1. The lowest BCUT2D eigenvalue weighted by molar-refractivity contribution is 0.0692. The summed E-state index contributed by atoms with van der Waals surface area (Å²) in [5.41, 5.74) is -0.468. The van der Waals surface area contributed by atoms with Crippen LogP contribution in [0.25, 0.3) is 11.3 Å². The van der Waals surface area contributed by atoms with Gasteiger partial charge in [-0.05, 0) is 12.1 Å². The number of aromatic carboxylic acids is 1. The van der Waals surface area contributed by atoms with Gasteiger partial charge in [0.1, 0.15) is 11.3 Å². The molecule has 0 spiro atoms. The van der Waals surface area contributed by atoms with Crippen LogP contribution in [0.4, 0.5) is 0 Å². The zero-order valence-corrected chi connectivity index (χ0v) is 8.21. The maximum atomic E-state index is 11.3. The van der Waals surface area contributed by atoms with Gasteiger partial charge >= 0.3 is 11.6 Å². The Labute approximate surface area is 90.8 Å². The molecule has 0 saturated heterocycles. The Bertz CT molecular complexity index is 569. The van der Waals surface area contributed by atoms with Crippen LogP contribution in [0.1, 0.15) is 10.4 Å². The zero-order valence-electron chi connectivity index (χ0n) is 8.21. The minimum Gasteiger partial charge on any atom is -0.477 e. The molecular formula is C12H8O4. The van der Waals surface area contributed by atoms with E-state index >= 15 is 0 Å². The first-order chi connectivity index (χ1) is 7.68. The first-order valence-electron chi connectivity index (χ1n) is 4.61. The number of hydrogen-bond donors (Lipinski definition) is 1. The van der Waals surface area contributed by atoms with E-state index in [0.29, 0.717) is 5.76 Å². The molecule has 16 heavy (non-hydrogen) atoms. The zero-order chi connectivity index (χ0) is 11.5. The Morgan fingerprint density at radius 2 is 1.75 bits per heavy atom. The third kappa shape index (κ3) is 1.86. The molecule has 0 fully saturated rings. The van der Waals surface area contributed by atoms with Gasteiger partial charge in [-0.15, -0.1) is 0 Å². The minimum absolute atomic E-state index is 0.357. The molecule has 0 aliphatic heterocycles. The number of carbonyl (C=O) groups is 1. The maximum absolute atomic E-state index is 11.3. The van der Waals surface area contributed by atoms with Crippen LogP contribution in [0.3, 0.4) is 0 Å². The fourth-order valence-corrected chi connectivity index (χ4v) is 1.33. The average Bonchev–Trinajstić information content (AvgIpc) is 2.29. The highest BCUT2D eigenvalue weighted by molar-refractivity contribution is 5.87. The highest BCUT2D eigenvalue weighted by Crippen LogP contribution is 2.16. The predicted octanol–water partition coefficient (Wildman–Crippen LogP) is 2.00. The van der Waals surface area contributed by atoms with Gasteiger partial charge in [-0.3, -0.25) is 0 Å². The summed E-state index contributed by atoms with van der Waals surface area (Å²) < 4.78 is 4.92. The van der Waals surface area contributed by atoms with Crippen molar-refractivity contribution in [2.24, 2.45) is 0 Å². The van der Waals surface area contributed by atoms with Gasteiger partial charge < -0.3 is 9.52 Å². The van der Waals surface area contributed by atoms with Crippen LogP contribution in [0.5, 0.6) is 0 Å². The first-order valence-corrected chi connectivity index (χ1v) is 4.61. The van der Waals surface area contributed by atoms with Crippen molar-refractivity contribution in [2.45, 2.75) is 0 Å². The number of benzene rings is 1. The molecule has 0 saturated carbocycles. The third-order valence-electron chi connectivity index (χ3n) is 2.11. The predicted molar refractivity (Wildman–Crippen MR) is 57.4 cm³/mol. The summed E-state index contributed by atoms with van der Waals surface area (Å²) in [7, 11) is 0. The Morgan fingerprint density at radius 1 is 1.06 bits per heavy atom. The molecule has 80 valence electrons. The maximum Gasteiger partial charge on any atom is 0.350 e. The summed E-state index contributed by atoms with van der Waals surface area (Å²) >= 11 is 0. The van der Waals surface area contributed by atoms with Crippen LogP contribution < -0.4 is 5.63 Å². The topological polar surface area (TPSA) is 67.5 Å². The van der Waals surface area contributed by atoms with Gasteiger partial charge in [-0.25, -0.2) is 9.59 Å². The molecule has 0 amide bonds. The number of rotatable bonds is 2. The van der Waals surface area contributed by atoms with Crippen molar-refractivity contribution in [3.05, 3.63) is 58.4 Å². The Hall–Kier alpha value is -2.36. The fourth-order valence-electron chi connectivity index (χ4n) is 1.33. The van der Waals surface area contributed by atoms with Crippen molar-refractivity contribution in [2.75, 3.05) is 0 Å². The highest BCUT2D eigenvalue weighted by atomic mass is 16.4. The molecule has 1 heterocycles. The summed E-state index contributed by atoms with van der Waals surface area (Å²) in [4.78, 5) is 21.9. The molecule has 1 N–H and O–H groups in total. The number of carboxylic acids is 1. The van der Waals surface area contributed by atoms with Gasteiger partial charge in [-0.2, -0.15) is 0 Å². The van der Waals surface area contributed by atoms with Crippen LogP contribution in [0.2, 0.25) is 0 Å². The summed E-state index contributed by atoms with van der Waals surface area (Å²) in [6, 6.07) is 11.7. The summed E-state index contributed by atoms with van der Waals surface area (Å²) in [6.07, 6.45) is 0. The standard InChI is InChI=1S/C12H8O4/c13-11(14)9-6-7-10(16-12(9)15)8-4-2-1-3-5-8/h1-7H,(H,13,14). The van der Waals surface area contributed by atoms with Gasteiger partial charge in [-0.1, -0.05) is 30.3 Å². The fraction of sp³-hybridized carbons (Fsp3) is 0. The van der Waals surface area contributed by atoms with E-state index in [2.05, 4.69) is 0 Å². The normalized spacial score (nSPS) is 10.0. The van der Waals surface area contributed by atoms with Crippen LogP contribution in [-0.2, 0) is 0 Å². The Morgan fingerprint density at radius 3 is 2.31 bits per heavy atom. The Balaban J connectivity index is 2.51. The van der Waals surface area contributed by atoms with Crippen molar-refractivity contribution in [1.29, 1.82) is 0 Å². The molecule has 0 bridgehead atoms. The second kappa shape index (κ2) is 4.02. The average molecular weight is 216 g/mol. The molecule has 0 unspecified atom stereocenters. The van der Waals surface area contributed by atoms with Gasteiger partial charge in [0, 0.05) is 5.56 Å². The molecule has 2 rings (SSSR count). The van der Waals surface area contributed by atoms with E-state index in [4.69, 9.17) is 9.52 Å². The van der Waals surface area contributed by atoms with E-state index in [1.54, 1.807) is 24.3 Å². The van der Waals surface area contributed by atoms with Gasteiger partial charge in [0.2, 0.25) is 0 Å². The van der Waals surface area contributed by atoms with Gasteiger partial charge in [0.05, 0.1) is 0 Å². The summed E-state index contributed by atoms with van der Waals surface area (Å²) in [6.45, 7) is 0. The van der Waals surface area contributed by atoms with Crippen LogP contribution in [0.15, 0.2) is 51.7 Å². The van der Waals surface area contributed by atoms with Crippen molar-refractivity contribution < 1.29 is 14.3 Å². The van der Waals surface area contributed by atoms with Crippen molar-refractivity contribution in [3.8, 4) is 11.3 Å². The van der Waals surface area contributed by atoms with E-state index in [9.17, 15) is 9.59 Å². The van der Waals surface area contributed by atoms with E-state index in [1.807, 2.05) is 6.07 Å². The van der Waals surface area contributed by atoms with E-state index < -0.39 is 11.6 Å². The molecule has 2 aromatic rings. The second-order valence-corrected chi connectivity index (χ2v) is 3.17. The molecule has 0 aliphatic carbocycles. The van der Waals surface area contributed by atoms with Crippen LogP contribution >= 0.6 is 0 Å². The minimum atomic E-state index is -1.28. The van der Waals surface area contributed by atoms with Crippen molar-refractivity contribution in [3.63, 3.8) is 0 Å². The Kier molecular flexibility index (Phi) is 2.55. The van der Waals surface area contributed by atoms with E-state index in [-0.39, 0.29) is 5.56 Å².